The highest BCUT2D eigenvalue weighted by atomic mass is 32.2. The van der Waals surface area contributed by atoms with Crippen LogP contribution < -0.4 is 5.32 Å². The van der Waals surface area contributed by atoms with Crippen LogP contribution in [0.15, 0.2) is 9.85 Å². The molecule has 0 aromatic carbocycles. The topological polar surface area (TPSA) is 37.8 Å². The van der Waals surface area contributed by atoms with Crippen LogP contribution in [0.3, 0.4) is 0 Å². The van der Waals surface area contributed by atoms with E-state index in [0.717, 1.165) is 10.8 Å². The largest absolute Gasteiger partial charge is 0.316 e. The summed E-state index contributed by atoms with van der Waals surface area (Å²) >= 11 is 3.48. The van der Waals surface area contributed by atoms with E-state index in [1.165, 1.54) is 12.8 Å². The maximum absolute atomic E-state index is 4.08. The first kappa shape index (κ1) is 12.9. The van der Waals surface area contributed by atoms with Gasteiger partial charge in [0.1, 0.15) is 5.51 Å². The highest BCUT2D eigenvalue weighted by Crippen LogP contribution is 2.29. The Kier molecular flexibility index (Phi) is 6.20. The van der Waals surface area contributed by atoms with Gasteiger partial charge >= 0.3 is 0 Å². The Labute approximate surface area is 100 Å². The summed E-state index contributed by atoms with van der Waals surface area (Å²) in [5, 5.41) is 12.0. The second-order valence-electron chi connectivity index (χ2n) is 3.45. The zero-order chi connectivity index (χ0) is 11.1. The number of nitrogens with one attached hydrogen (secondary N) is 1. The van der Waals surface area contributed by atoms with Gasteiger partial charge in [0.15, 0.2) is 4.34 Å². The molecule has 3 nitrogen and oxygen atoms in total. The summed E-state index contributed by atoms with van der Waals surface area (Å²) in [6, 6.07) is 0.578. The number of hydrogen-bond acceptors (Lipinski definition) is 5. The van der Waals surface area contributed by atoms with Crippen LogP contribution in [0.4, 0.5) is 0 Å². The van der Waals surface area contributed by atoms with Crippen molar-refractivity contribution in [2.24, 2.45) is 0 Å². The maximum Gasteiger partial charge on any atom is 0.174 e. The molecule has 0 aliphatic rings. The number of nitrogens with zero attached hydrogens (tertiary/aromatic N) is 2. The molecule has 0 bridgehead atoms. The smallest absolute Gasteiger partial charge is 0.174 e. The lowest BCUT2D eigenvalue weighted by Crippen LogP contribution is -2.35. The first-order valence-electron chi connectivity index (χ1n) is 5.41. The van der Waals surface area contributed by atoms with Crippen molar-refractivity contribution in [1.82, 2.24) is 15.5 Å². The van der Waals surface area contributed by atoms with E-state index in [9.17, 15) is 0 Å². The van der Waals surface area contributed by atoms with Gasteiger partial charge in [0.2, 0.25) is 0 Å². The summed E-state index contributed by atoms with van der Waals surface area (Å²) in [5.41, 5.74) is 1.79. The predicted molar refractivity (Wildman–Crippen MR) is 67.6 cm³/mol. The molecule has 0 radical (unpaired) electrons. The van der Waals surface area contributed by atoms with E-state index in [1.54, 1.807) is 16.8 Å². The van der Waals surface area contributed by atoms with Gasteiger partial charge in [0.25, 0.3) is 0 Å². The Hall–Kier alpha value is -0.130. The van der Waals surface area contributed by atoms with Crippen molar-refractivity contribution in [1.29, 1.82) is 0 Å². The quantitative estimate of drug-likeness (QED) is 0.750. The summed E-state index contributed by atoms with van der Waals surface area (Å²) in [6.07, 6.45) is 3.61. The van der Waals surface area contributed by atoms with Gasteiger partial charge < -0.3 is 5.32 Å². The maximum atomic E-state index is 4.08. The summed E-state index contributed by atoms with van der Waals surface area (Å²) in [6.45, 7) is 4.46. The van der Waals surface area contributed by atoms with Crippen LogP contribution >= 0.6 is 23.1 Å². The van der Waals surface area contributed by atoms with E-state index in [4.69, 9.17) is 0 Å². The van der Waals surface area contributed by atoms with Crippen LogP contribution in [-0.2, 0) is 0 Å². The fourth-order valence-corrected chi connectivity index (χ4v) is 3.58. The molecule has 1 aromatic rings. The fraction of sp³-hybridized carbons (Fsp3) is 0.800. The average Bonchev–Trinajstić information content (AvgIpc) is 2.75. The molecule has 2 atom stereocenters. The van der Waals surface area contributed by atoms with Crippen molar-refractivity contribution < 1.29 is 0 Å². The highest BCUT2D eigenvalue weighted by Gasteiger charge is 2.19. The average molecular weight is 245 g/mol. The van der Waals surface area contributed by atoms with Crippen molar-refractivity contribution in [2.75, 3.05) is 7.05 Å². The third-order valence-electron chi connectivity index (χ3n) is 2.41. The van der Waals surface area contributed by atoms with E-state index in [0.29, 0.717) is 11.3 Å². The van der Waals surface area contributed by atoms with Crippen LogP contribution in [0.2, 0.25) is 0 Å². The SMILES string of the molecule is CCCC(NC)C(CC)Sc1nncs1. The van der Waals surface area contributed by atoms with Crippen molar-refractivity contribution in [3.8, 4) is 0 Å². The van der Waals surface area contributed by atoms with Crippen LogP contribution in [0, 0.1) is 0 Å². The molecular weight excluding hydrogens is 226 g/mol. The molecule has 2 unspecified atom stereocenters. The van der Waals surface area contributed by atoms with Gasteiger partial charge in [0.05, 0.1) is 0 Å². The molecule has 0 spiro atoms. The second kappa shape index (κ2) is 7.19. The summed E-state index contributed by atoms with van der Waals surface area (Å²) in [4.78, 5) is 0. The van der Waals surface area contributed by atoms with Gasteiger partial charge in [-0.2, -0.15) is 0 Å². The summed E-state index contributed by atoms with van der Waals surface area (Å²) in [5.74, 6) is 0. The third kappa shape index (κ3) is 4.09. The standard InChI is InChI=1S/C10H19N3S2/c1-4-6-8(11-3)9(5-2)15-10-13-12-7-14-10/h7-9,11H,4-6H2,1-3H3. The molecule has 15 heavy (non-hydrogen) atoms. The predicted octanol–water partition coefficient (Wildman–Crippen LogP) is 2.80. The Morgan fingerprint density at radius 2 is 2.33 bits per heavy atom. The van der Waals surface area contributed by atoms with Crippen molar-refractivity contribution in [3.63, 3.8) is 0 Å². The molecule has 0 amide bonds. The van der Waals surface area contributed by atoms with Crippen molar-refractivity contribution in [3.05, 3.63) is 5.51 Å². The highest BCUT2D eigenvalue weighted by molar-refractivity contribution is 8.01. The monoisotopic (exact) mass is 245 g/mol. The van der Waals surface area contributed by atoms with Crippen LogP contribution in [0.25, 0.3) is 0 Å². The van der Waals surface area contributed by atoms with Gasteiger partial charge in [0, 0.05) is 11.3 Å². The molecule has 0 saturated heterocycles. The minimum Gasteiger partial charge on any atom is -0.316 e. The van der Waals surface area contributed by atoms with Crippen molar-refractivity contribution in [2.45, 2.75) is 48.7 Å². The Balaban J connectivity index is 2.53. The van der Waals surface area contributed by atoms with Crippen LogP contribution in [-0.4, -0.2) is 28.5 Å². The normalized spacial score (nSPS) is 15.1. The molecule has 1 N–H and O–H groups in total. The van der Waals surface area contributed by atoms with Gasteiger partial charge in [-0.3, -0.25) is 0 Å². The molecule has 0 saturated carbocycles. The molecule has 1 rings (SSSR count). The lowest BCUT2D eigenvalue weighted by molar-refractivity contribution is 0.490. The summed E-state index contributed by atoms with van der Waals surface area (Å²) in [7, 11) is 2.05. The number of hydrogen-bond donors (Lipinski definition) is 1. The minimum atomic E-state index is 0.578. The van der Waals surface area contributed by atoms with E-state index in [2.05, 4.69) is 29.4 Å². The third-order valence-corrected chi connectivity index (χ3v) is 4.72. The molecule has 5 heteroatoms. The zero-order valence-corrected chi connectivity index (χ0v) is 11.2. The Bertz CT molecular complexity index is 251. The molecule has 1 heterocycles. The fourth-order valence-electron chi connectivity index (χ4n) is 1.62. The van der Waals surface area contributed by atoms with Crippen LogP contribution in [0.5, 0.6) is 0 Å². The lowest BCUT2D eigenvalue weighted by atomic mass is 10.1. The molecule has 0 aliphatic carbocycles. The molecule has 1 aromatic heterocycles. The van der Waals surface area contributed by atoms with E-state index >= 15 is 0 Å². The van der Waals surface area contributed by atoms with Gasteiger partial charge in [-0.1, -0.05) is 43.4 Å². The lowest BCUT2D eigenvalue weighted by Gasteiger charge is -2.23. The van der Waals surface area contributed by atoms with Gasteiger partial charge in [-0.05, 0) is 19.9 Å². The number of thioether (sulfide) groups is 1. The number of rotatable bonds is 7. The van der Waals surface area contributed by atoms with Crippen molar-refractivity contribution >= 4 is 23.1 Å². The zero-order valence-electron chi connectivity index (χ0n) is 9.56. The first-order valence-corrected chi connectivity index (χ1v) is 7.17. The van der Waals surface area contributed by atoms with Gasteiger partial charge in [-0.25, -0.2) is 0 Å². The van der Waals surface area contributed by atoms with Gasteiger partial charge in [-0.15, -0.1) is 10.2 Å². The number of aromatic nitrogens is 2. The Morgan fingerprint density at radius 1 is 1.53 bits per heavy atom. The molecule has 86 valence electrons. The minimum absolute atomic E-state index is 0.578. The molecule has 0 aliphatic heterocycles. The van der Waals surface area contributed by atoms with E-state index in [1.807, 2.05) is 18.8 Å². The molecule has 0 fully saturated rings. The Morgan fingerprint density at radius 3 is 2.80 bits per heavy atom. The van der Waals surface area contributed by atoms with Crippen LogP contribution in [0.1, 0.15) is 33.1 Å². The summed E-state index contributed by atoms with van der Waals surface area (Å²) < 4.78 is 1.08. The van der Waals surface area contributed by atoms with E-state index < -0.39 is 0 Å². The van der Waals surface area contributed by atoms with E-state index in [-0.39, 0.29) is 0 Å². The second-order valence-corrected chi connectivity index (χ2v) is 5.77. The first-order chi connectivity index (χ1) is 7.31. The molecular formula is C10H19N3S2.